The topological polar surface area (TPSA) is 87.7 Å². The van der Waals surface area contributed by atoms with Crippen LogP contribution in [0.5, 0.6) is 0 Å². The number of hydrogen-bond donors (Lipinski definition) is 1. The number of aryl methyl sites for hydroxylation is 1. The highest BCUT2D eigenvalue weighted by molar-refractivity contribution is 5.94. The van der Waals surface area contributed by atoms with Crippen LogP contribution in [-0.2, 0) is 9.53 Å². The van der Waals surface area contributed by atoms with Gasteiger partial charge in [0.1, 0.15) is 5.60 Å². The van der Waals surface area contributed by atoms with Gasteiger partial charge in [-0.15, -0.1) is 0 Å². The van der Waals surface area contributed by atoms with Crippen molar-refractivity contribution in [1.29, 1.82) is 0 Å². The van der Waals surface area contributed by atoms with E-state index in [9.17, 15) is 9.59 Å². The molecule has 2 aromatic rings. The van der Waals surface area contributed by atoms with Crippen molar-refractivity contribution in [2.45, 2.75) is 78.5 Å². The predicted octanol–water partition coefficient (Wildman–Crippen LogP) is 5.74. The third kappa shape index (κ3) is 5.40. The minimum absolute atomic E-state index is 0.0320. The molecule has 2 aliphatic heterocycles. The van der Waals surface area contributed by atoms with Gasteiger partial charge < -0.3 is 19.9 Å². The Labute approximate surface area is 225 Å². The van der Waals surface area contributed by atoms with Gasteiger partial charge in [0.2, 0.25) is 11.9 Å². The molecule has 1 aliphatic carbocycles. The lowest BCUT2D eigenvalue weighted by atomic mass is 9.79. The summed E-state index contributed by atoms with van der Waals surface area (Å²) in [6.45, 7) is 12.6. The Hall–Kier alpha value is -3.42. The highest BCUT2D eigenvalue weighted by atomic mass is 16.6. The second kappa shape index (κ2) is 10.0. The maximum Gasteiger partial charge on any atom is 0.410 e. The van der Waals surface area contributed by atoms with Crippen LogP contribution in [0.1, 0.15) is 76.7 Å². The SMILES string of the molecule is CC(=O)N1c2ccc(C3=CCN(C(=O)OC(C)(C)C)CC3)cc2[C@H](Nc2nccc(C)n2)[C@@H](C)C1C1CC1. The molecule has 1 aromatic heterocycles. The number of fused-ring (bicyclic) bond motifs is 1. The first-order valence-electron chi connectivity index (χ1n) is 13.7. The van der Waals surface area contributed by atoms with Crippen LogP contribution >= 0.6 is 0 Å². The quantitative estimate of drug-likeness (QED) is 0.556. The highest BCUT2D eigenvalue weighted by Gasteiger charge is 2.47. The first-order valence-corrected chi connectivity index (χ1v) is 13.7. The van der Waals surface area contributed by atoms with Gasteiger partial charge >= 0.3 is 6.09 Å². The average molecular weight is 518 g/mol. The van der Waals surface area contributed by atoms with Gasteiger partial charge in [-0.05, 0) is 87.8 Å². The van der Waals surface area contributed by atoms with Gasteiger partial charge in [0.15, 0.2) is 0 Å². The normalized spacial score (nSPS) is 23.4. The monoisotopic (exact) mass is 517 g/mol. The molecule has 202 valence electrons. The smallest absolute Gasteiger partial charge is 0.410 e. The van der Waals surface area contributed by atoms with E-state index in [0.29, 0.717) is 25.0 Å². The minimum Gasteiger partial charge on any atom is -0.444 e. The first kappa shape index (κ1) is 26.2. The zero-order chi connectivity index (χ0) is 27.2. The fourth-order valence-electron chi connectivity index (χ4n) is 5.85. The fraction of sp³-hybridized carbons (Fsp3) is 0.533. The van der Waals surface area contributed by atoms with Crippen LogP contribution in [0.25, 0.3) is 5.57 Å². The van der Waals surface area contributed by atoms with Gasteiger partial charge in [-0.3, -0.25) is 4.79 Å². The molecule has 0 bridgehead atoms. The number of carbonyl (C=O) groups excluding carboxylic acids is 2. The number of anilines is 2. The van der Waals surface area contributed by atoms with Crippen molar-refractivity contribution < 1.29 is 14.3 Å². The number of rotatable bonds is 4. The lowest BCUT2D eigenvalue weighted by molar-refractivity contribution is -0.117. The average Bonchev–Trinajstić information content (AvgIpc) is 3.69. The van der Waals surface area contributed by atoms with Crippen LogP contribution in [0.15, 0.2) is 36.5 Å². The Balaban J connectivity index is 1.48. The molecule has 0 saturated heterocycles. The summed E-state index contributed by atoms with van der Waals surface area (Å²) in [6, 6.07) is 8.43. The van der Waals surface area contributed by atoms with Crippen molar-refractivity contribution in [3.63, 3.8) is 0 Å². The van der Waals surface area contributed by atoms with Crippen LogP contribution in [0, 0.1) is 18.8 Å². The molecule has 3 aliphatic rings. The van der Waals surface area contributed by atoms with Crippen molar-refractivity contribution in [3.8, 4) is 0 Å². The number of amides is 2. The van der Waals surface area contributed by atoms with E-state index in [-0.39, 0.29) is 30.0 Å². The lowest BCUT2D eigenvalue weighted by Gasteiger charge is -2.46. The van der Waals surface area contributed by atoms with Crippen LogP contribution < -0.4 is 10.2 Å². The molecule has 1 saturated carbocycles. The molecule has 5 rings (SSSR count). The Bertz CT molecular complexity index is 1260. The van der Waals surface area contributed by atoms with Crippen LogP contribution in [0.2, 0.25) is 0 Å². The van der Waals surface area contributed by atoms with E-state index in [0.717, 1.165) is 41.8 Å². The number of ether oxygens (including phenoxy) is 1. The number of nitrogens with one attached hydrogen (secondary N) is 1. The predicted molar refractivity (Wildman–Crippen MR) is 149 cm³/mol. The van der Waals surface area contributed by atoms with E-state index in [1.54, 1.807) is 18.0 Å². The molecular weight excluding hydrogens is 478 g/mol. The molecule has 8 nitrogen and oxygen atoms in total. The van der Waals surface area contributed by atoms with E-state index in [1.165, 1.54) is 5.57 Å². The van der Waals surface area contributed by atoms with Crippen molar-refractivity contribution in [2.24, 2.45) is 11.8 Å². The number of aromatic nitrogens is 2. The number of nitrogens with zero attached hydrogens (tertiary/aromatic N) is 4. The molecule has 0 radical (unpaired) electrons. The number of carbonyl (C=O) groups is 2. The molecule has 3 atom stereocenters. The summed E-state index contributed by atoms with van der Waals surface area (Å²) in [5.74, 6) is 1.39. The van der Waals surface area contributed by atoms with Gasteiger partial charge in [-0.25, -0.2) is 14.8 Å². The van der Waals surface area contributed by atoms with Gasteiger partial charge in [0, 0.05) is 49.6 Å². The van der Waals surface area contributed by atoms with Gasteiger partial charge in [0.25, 0.3) is 0 Å². The largest absolute Gasteiger partial charge is 0.444 e. The van der Waals surface area contributed by atoms with Crippen LogP contribution in [0.4, 0.5) is 16.4 Å². The Morgan fingerprint density at radius 1 is 1.16 bits per heavy atom. The summed E-state index contributed by atoms with van der Waals surface area (Å²) in [6.07, 6.45) is 6.66. The van der Waals surface area contributed by atoms with Crippen LogP contribution in [-0.4, -0.2) is 51.6 Å². The maximum absolute atomic E-state index is 13.0. The van der Waals surface area contributed by atoms with E-state index in [1.807, 2.05) is 38.7 Å². The van der Waals surface area contributed by atoms with Gasteiger partial charge in [-0.1, -0.05) is 19.1 Å². The molecule has 38 heavy (non-hydrogen) atoms. The fourth-order valence-corrected chi connectivity index (χ4v) is 5.85. The summed E-state index contributed by atoms with van der Waals surface area (Å²) >= 11 is 0. The second-order valence-electron chi connectivity index (χ2n) is 11.9. The summed E-state index contributed by atoms with van der Waals surface area (Å²) in [5, 5.41) is 3.62. The number of hydrogen-bond acceptors (Lipinski definition) is 6. The van der Waals surface area contributed by atoms with E-state index >= 15 is 0 Å². The third-order valence-corrected chi connectivity index (χ3v) is 7.74. The zero-order valence-corrected chi connectivity index (χ0v) is 23.3. The molecule has 1 unspecified atom stereocenters. The van der Waals surface area contributed by atoms with Gasteiger partial charge in [-0.2, -0.15) is 0 Å². The maximum atomic E-state index is 13.0. The Kier molecular flexibility index (Phi) is 6.92. The molecule has 0 spiro atoms. The molecule has 2 amide bonds. The summed E-state index contributed by atoms with van der Waals surface area (Å²) in [4.78, 5) is 38.4. The zero-order valence-electron chi connectivity index (χ0n) is 23.3. The van der Waals surface area contributed by atoms with Crippen molar-refractivity contribution in [2.75, 3.05) is 23.3 Å². The third-order valence-electron chi connectivity index (χ3n) is 7.74. The number of benzene rings is 1. The van der Waals surface area contributed by atoms with Crippen molar-refractivity contribution in [3.05, 3.63) is 53.4 Å². The summed E-state index contributed by atoms with van der Waals surface area (Å²) < 4.78 is 5.55. The Morgan fingerprint density at radius 2 is 1.92 bits per heavy atom. The standard InChI is InChI=1S/C30H39N5O3/c1-18-11-14-31-28(32-18)33-26-19(2)27(22-7-8-22)35(20(3)36)25-10-9-23(17-24(25)26)21-12-15-34(16-13-21)29(37)38-30(4,5)6/h9-12,14,17,19,22,26-27H,7-8,13,15-16H2,1-6H3,(H,31,32,33)/t19-,26-,27?/m1/s1. The summed E-state index contributed by atoms with van der Waals surface area (Å²) in [5.41, 5.74) is 4.76. The van der Waals surface area contributed by atoms with Gasteiger partial charge in [0.05, 0.1) is 6.04 Å². The van der Waals surface area contributed by atoms with Crippen LogP contribution in [0.3, 0.4) is 0 Å². The van der Waals surface area contributed by atoms with Crippen molar-refractivity contribution >= 4 is 29.2 Å². The Morgan fingerprint density at radius 3 is 2.53 bits per heavy atom. The lowest BCUT2D eigenvalue weighted by Crippen LogP contribution is -2.51. The van der Waals surface area contributed by atoms with Crippen molar-refractivity contribution in [1.82, 2.24) is 14.9 Å². The van der Waals surface area contributed by atoms with E-state index in [4.69, 9.17) is 4.74 Å². The molecule has 3 heterocycles. The molecule has 1 N–H and O–H groups in total. The molecule has 1 fully saturated rings. The minimum atomic E-state index is -0.514. The van der Waals surface area contributed by atoms with E-state index in [2.05, 4.69) is 46.5 Å². The summed E-state index contributed by atoms with van der Waals surface area (Å²) in [7, 11) is 0. The molecule has 1 aromatic carbocycles. The van der Waals surface area contributed by atoms with E-state index < -0.39 is 5.60 Å². The molecular formula is C30H39N5O3. The second-order valence-corrected chi connectivity index (χ2v) is 11.9. The highest BCUT2D eigenvalue weighted by Crippen LogP contribution is 2.50. The first-order chi connectivity index (χ1) is 18.0. The molecule has 8 heteroatoms.